The molecule has 224 valence electrons. The van der Waals surface area contributed by atoms with Crippen LogP contribution in [0.15, 0.2) is 133 Å². The van der Waals surface area contributed by atoms with Crippen LogP contribution in [0.3, 0.4) is 0 Å². The summed E-state index contributed by atoms with van der Waals surface area (Å²) in [6.07, 6.45) is 4.41. The van der Waals surface area contributed by atoms with Gasteiger partial charge in [0, 0.05) is 34.1 Å². The van der Waals surface area contributed by atoms with E-state index in [1.165, 1.54) is 44.8 Å². The molecule has 0 heterocycles. The highest BCUT2D eigenvalue weighted by Crippen LogP contribution is 2.35. The first-order valence-electron chi connectivity index (χ1n) is 15.6. The lowest BCUT2D eigenvalue weighted by atomic mass is 10.0. The van der Waals surface area contributed by atoms with Crippen molar-refractivity contribution in [3.63, 3.8) is 0 Å². The molecule has 0 bridgehead atoms. The van der Waals surface area contributed by atoms with Crippen molar-refractivity contribution in [1.82, 2.24) is 0 Å². The SMILES string of the molecule is C/C=C(\C)N(c1ccc(C)cc1)c1ccc(/C(C)=C/c2ccc(N(c3ccc(C)cc3)c3ccc(C)cc3)cc2)cc1.CC. The predicted molar refractivity (Wildman–Crippen MR) is 195 cm³/mol. The summed E-state index contributed by atoms with van der Waals surface area (Å²) in [7, 11) is 0. The number of hydrogen-bond acceptors (Lipinski definition) is 2. The summed E-state index contributed by atoms with van der Waals surface area (Å²) in [5.41, 5.74) is 14.4. The monoisotopic (exact) mass is 578 g/mol. The maximum atomic E-state index is 2.31. The molecule has 5 aromatic rings. The third-order valence-electron chi connectivity index (χ3n) is 7.76. The summed E-state index contributed by atoms with van der Waals surface area (Å²) in [6.45, 7) is 16.8. The molecule has 0 saturated heterocycles. The van der Waals surface area contributed by atoms with E-state index in [2.05, 4.69) is 185 Å². The number of benzene rings is 5. The van der Waals surface area contributed by atoms with Gasteiger partial charge in [-0.15, -0.1) is 0 Å². The second kappa shape index (κ2) is 15.1. The van der Waals surface area contributed by atoms with E-state index in [-0.39, 0.29) is 0 Å². The van der Waals surface area contributed by atoms with E-state index in [1.807, 2.05) is 13.8 Å². The first-order valence-corrected chi connectivity index (χ1v) is 15.6. The largest absolute Gasteiger partial charge is 0.315 e. The number of hydrogen-bond donors (Lipinski definition) is 0. The molecule has 44 heavy (non-hydrogen) atoms. The van der Waals surface area contributed by atoms with Crippen molar-refractivity contribution >= 4 is 40.1 Å². The Morgan fingerprint density at radius 3 is 1.20 bits per heavy atom. The summed E-state index contributed by atoms with van der Waals surface area (Å²) in [4.78, 5) is 4.61. The maximum Gasteiger partial charge on any atom is 0.0462 e. The molecular weight excluding hydrogens is 532 g/mol. The van der Waals surface area contributed by atoms with Crippen LogP contribution in [0, 0.1) is 20.8 Å². The molecule has 0 amide bonds. The molecule has 0 fully saturated rings. The fourth-order valence-electron chi connectivity index (χ4n) is 5.14. The van der Waals surface area contributed by atoms with E-state index >= 15 is 0 Å². The van der Waals surface area contributed by atoms with Gasteiger partial charge in [0.15, 0.2) is 0 Å². The quantitative estimate of drug-likeness (QED) is 0.169. The summed E-state index contributed by atoms with van der Waals surface area (Å²) < 4.78 is 0. The van der Waals surface area contributed by atoms with Crippen LogP contribution >= 0.6 is 0 Å². The molecule has 0 aromatic heterocycles. The van der Waals surface area contributed by atoms with Crippen molar-refractivity contribution in [3.8, 4) is 0 Å². The van der Waals surface area contributed by atoms with Crippen LogP contribution in [0.4, 0.5) is 28.4 Å². The second-order valence-electron chi connectivity index (χ2n) is 11.1. The molecule has 2 nitrogen and oxygen atoms in total. The van der Waals surface area contributed by atoms with Crippen LogP contribution in [0.2, 0.25) is 0 Å². The Morgan fingerprint density at radius 1 is 0.477 bits per heavy atom. The Bertz CT molecular complexity index is 1630. The first kappa shape index (κ1) is 32.1. The zero-order chi connectivity index (χ0) is 31.6. The summed E-state index contributed by atoms with van der Waals surface area (Å²) in [5, 5.41) is 0. The fourth-order valence-corrected chi connectivity index (χ4v) is 5.14. The van der Waals surface area contributed by atoms with Crippen LogP contribution in [0.1, 0.15) is 62.4 Å². The number of allylic oxidation sites excluding steroid dienone is 3. The van der Waals surface area contributed by atoms with Crippen LogP contribution in [0.25, 0.3) is 11.6 Å². The minimum absolute atomic E-state index is 1.14. The van der Waals surface area contributed by atoms with Gasteiger partial charge in [-0.2, -0.15) is 0 Å². The highest BCUT2D eigenvalue weighted by atomic mass is 15.1. The molecule has 0 aliphatic rings. The van der Waals surface area contributed by atoms with Crippen molar-refractivity contribution in [1.29, 1.82) is 0 Å². The number of nitrogens with zero attached hydrogens (tertiary/aromatic N) is 2. The molecule has 2 heteroatoms. The zero-order valence-corrected chi connectivity index (χ0v) is 27.6. The first-order chi connectivity index (χ1) is 21.3. The molecule has 5 rings (SSSR count). The minimum Gasteiger partial charge on any atom is -0.315 e. The number of anilines is 5. The van der Waals surface area contributed by atoms with Crippen LogP contribution < -0.4 is 9.80 Å². The number of aryl methyl sites for hydroxylation is 3. The molecule has 5 aromatic carbocycles. The van der Waals surface area contributed by atoms with Gasteiger partial charge in [0.25, 0.3) is 0 Å². The van der Waals surface area contributed by atoms with E-state index in [1.54, 1.807) is 0 Å². The molecular formula is C42H46N2. The Hall–Kier alpha value is -4.82. The Labute approximate surface area is 265 Å². The Balaban J connectivity index is 0.00000216. The van der Waals surface area contributed by atoms with Gasteiger partial charge in [0.05, 0.1) is 0 Å². The topological polar surface area (TPSA) is 6.48 Å². The van der Waals surface area contributed by atoms with Gasteiger partial charge in [-0.3, -0.25) is 0 Å². The van der Waals surface area contributed by atoms with Crippen molar-refractivity contribution in [2.75, 3.05) is 9.80 Å². The number of rotatable bonds is 8. The van der Waals surface area contributed by atoms with Gasteiger partial charge < -0.3 is 9.80 Å². The summed E-state index contributed by atoms with van der Waals surface area (Å²) in [5.74, 6) is 0. The molecule has 0 unspecified atom stereocenters. The van der Waals surface area contributed by atoms with Crippen molar-refractivity contribution < 1.29 is 0 Å². The van der Waals surface area contributed by atoms with E-state index in [0.29, 0.717) is 0 Å². The summed E-state index contributed by atoms with van der Waals surface area (Å²) >= 11 is 0. The van der Waals surface area contributed by atoms with E-state index in [9.17, 15) is 0 Å². The van der Waals surface area contributed by atoms with Gasteiger partial charge in [-0.05, 0) is 119 Å². The Kier molecular flexibility index (Phi) is 11.0. The van der Waals surface area contributed by atoms with E-state index < -0.39 is 0 Å². The normalized spacial score (nSPS) is 11.5. The van der Waals surface area contributed by atoms with Gasteiger partial charge in [0.1, 0.15) is 0 Å². The second-order valence-corrected chi connectivity index (χ2v) is 11.1. The molecule has 0 atom stereocenters. The van der Waals surface area contributed by atoms with Crippen molar-refractivity contribution in [3.05, 3.63) is 161 Å². The average molecular weight is 579 g/mol. The lowest BCUT2D eigenvalue weighted by Crippen LogP contribution is -2.14. The lowest BCUT2D eigenvalue weighted by Gasteiger charge is -2.26. The Morgan fingerprint density at radius 2 is 0.818 bits per heavy atom. The third kappa shape index (κ3) is 7.76. The smallest absolute Gasteiger partial charge is 0.0462 e. The zero-order valence-electron chi connectivity index (χ0n) is 27.6. The average Bonchev–Trinajstić information content (AvgIpc) is 3.06. The highest BCUT2D eigenvalue weighted by molar-refractivity contribution is 5.83. The van der Waals surface area contributed by atoms with Gasteiger partial charge >= 0.3 is 0 Å². The van der Waals surface area contributed by atoms with Gasteiger partial charge in [-0.25, -0.2) is 0 Å². The molecule has 0 radical (unpaired) electrons. The predicted octanol–water partition coefficient (Wildman–Crippen LogP) is 12.7. The standard InChI is InChI=1S/C40H40N2.C2H6/c1-7-33(6)41(36-18-8-29(2)9-19-36)37-26-16-35(17-27-37)32(5)28-34-14-24-40(25-15-34)42(38-20-10-30(3)11-21-38)39-22-12-31(4)13-23-39;1-2/h7-28H,1-6H3;1-2H3/b32-28+,33-7+;. The van der Waals surface area contributed by atoms with E-state index in [4.69, 9.17) is 0 Å². The molecule has 0 aliphatic heterocycles. The molecule has 0 spiro atoms. The van der Waals surface area contributed by atoms with Crippen molar-refractivity contribution in [2.24, 2.45) is 0 Å². The maximum absolute atomic E-state index is 2.31. The molecule has 0 aliphatic carbocycles. The van der Waals surface area contributed by atoms with Crippen LogP contribution in [-0.2, 0) is 0 Å². The van der Waals surface area contributed by atoms with E-state index in [0.717, 1.165) is 22.7 Å². The molecule has 0 N–H and O–H groups in total. The highest BCUT2D eigenvalue weighted by Gasteiger charge is 2.13. The van der Waals surface area contributed by atoms with Gasteiger partial charge in [0.2, 0.25) is 0 Å². The van der Waals surface area contributed by atoms with Crippen LogP contribution in [0.5, 0.6) is 0 Å². The third-order valence-corrected chi connectivity index (χ3v) is 7.76. The lowest BCUT2D eigenvalue weighted by molar-refractivity contribution is 1.14. The minimum atomic E-state index is 1.14. The van der Waals surface area contributed by atoms with Gasteiger partial charge in [-0.1, -0.05) is 103 Å². The van der Waals surface area contributed by atoms with Crippen LogP contribution in [-0.4, -0.2) is 0 Å². The summed E-state index contributed by atoms with van der Waals surface area (Å²) in [6, 6.07) is 43.8. The fraction of sp³-hybridized carbons (Fsp3) is 0.190. The molecule has 0 saturated carbocycles. The van der Waals surface area contributed by atoms with Crippen molar-refractivity contribution in [2.45, 2.75) is 55.4 Å².